The Labute approximate surface area is 117 Å². The van der Waals surface area contributed by atoms with Gasteiger partial charge in [0.05, 0.1) is 11.9 Å². The first-order chi connectivity index (χ1) is 8.35. The summed E-state index contributed by atoms with van der Waals surface area (Å²) in [5, 5.41) is 10.1. The van der Waals surface area contributed by atoms with E-state index in [2.05, 4.69) is 15.9 Å². The second-order valence-corrected chi connectivity index (χ2v) is 7.78. The molecule has 0 spiro atoms. The molecule has 0 radical (unpaired) electrons. The summed E-state index contributed by atoms with van der Waals surface area (Å²) in [6.45, 7) is 3.58. The molecule has 0 aliphatic carbocycles. The fraction of sp³-hybridized carbons (Fsp3) is 0.538. The fourth-order valence-electron chi connectivity index (χ4n) is 1.81. The van der Waals surface area contributed by atoms with Crippen molar-refractivity contribution in [1.82, 2.24) is 0 Å². The van der Waals surface area contributed by atoms with Crippen molar-refractivity contribution < 1.29 is 13.5 Å². The van der Waals surface area contributed by atoms with Crippen LogP contribution in [0.25, 0.3) is 0 Å². The van der Waals surface area contributed by atoms with Gasteiger partial charge >= 0.3 is 0 Å². The molecule has 1 atom stereocenters. The van der Waals surface area contributed by atoms with E-state index in [-0.39, 0.29) is 11.5 Å². The molecule has 102 valence electrons. The predicted octanol–water partition coefficient (Wildman–Crippen LogP) is 3.01. The van der Waals surface area contributed by atoms with E-state index in [1.807, 2.05) is 25.1 Å². The first-order valence-corrected chi connectivity index (χ1v) is 8.61. The van der Waals surface area contributed by atoms with E-state index in [1.165, 1.54) is 0 Å². The van der Waals surface area contributed by atoms with Gasteiger partial charge in [0.2, 0.25) is 0 Å². The summed E-state index contributed by atoms with van der Waals surface area (Å²) in [6.07, 6.45) is 0.374. The fourth-order valence-corrected chi connectivity index (χ4v) is 3.18. The summed E-state index contributed by atoms with van der Waals surface area (Å²) in [7, 11) is -2.93. The highest BCUT2D eigenvalue weighted by Crippen LogP contribution is 2.24. The molecule has 0 saturated heterocycles. The van der Waals surface area contributed by atoms with Gasteiger partial charge in [-0.05, 0) is 43.0 Å². The normalized spacial score (nSPS) is 13.6. The quantitative estimate of drug-likeness (QED) is 0.869. The highest BCUT2D eigenvalue weighted by molar-refractivity contribution is 9.10. The van der Waals surface area contributed by atoms with E-state index < -0.39 is 15.9 Å². The molecule has 0 fully saturated rings. The Kier molecular flexibility index (Phi) is 5.82. The Balaban J connectivity index is 2.58. The van der Waals surface area contributed by atoms with Crippen LogP contribution in [0.4, 0.5) is 0 Å². The largest absolute Gasteiger partial charge is 0.388 e. The maximum absolute atomic E-state index is 11.3. The lowest BCUT2D eigenvalue weighted by Crippen LogP contribution is -2.10. The van der Waals surface area contributed by atoms with Crippen molar-refractivity contribution in [3.8, 4) is 0 Å². The minimum Gasteiger partial charge on any atom is -0.388 e. The van der Waals surface area contributed by atoms with Crippen LogP contribution in [-0.2, 0) is 9.84 Å². The van der Waals surface area contributed by atoms with E-state index in [4.69, 9.17) is 0 Å². The molecule has 0 aliphatic heterocycles. The molecular formula is C13H19BrO3S. The van der Waals surface area contributed by atoms with Gasteiger partial charge in [0.25, 0.3) is 0 Å². The Bertz CT molecular complexity index is 497. The Hall–Kier alpha value is -0.390. The highest BCUT2D eigenvalue weighted by Gasteiger charge is 2.13. The molecule has 0 saturated carbocycles. The number of halogens is 1. The zero-order valence-electron chi connectivity index (χ0n) is 10.7. The highest BCUT2D eigenvalue weighted by atomic mass is 79.9. The number of benzene rings is 1. The van der Waals surface area contributed by atoms with Gasteiger partial charge in [0.15, 0.2) is 0 Å². The molecule has 3 nitrogen and oxygen atoms in total. The lowest BCUT2D eigenvalue weighted by molar-refractivity contribution is 0.166. The Morgan fingerprint density at radius 1 is 1.39 bits per heavy atom. The lowest BCUT2D eigenvalue weighted by atomic mass is 10.0. The average Bonchev–Trinajstić information content (AvgIpc) is 2.28. The third-order valence-corrected chi connectivity index (χ3v) is 5.25. The number of rotatable bonds is 6. The summed E-state index contributed by atoms with van der Waals surface area (Å²) in [5.41, 5.74) is 1.88. The second kappa shape index (κ2) is 6.68. The van der Waals surface area contributed by atoms with Crippen LogP contribution in [0.15, 0.2) is 22.7 Å². The van der Waals surface area contributed by atoms with Crippen LogP contribution >= 0.6 is 15.9 Å². The van der Waals surface area contributed by atoms with Crippen molar-refractivity contribution in [1.29, 1.82) is 0 Å². The van der Waals surface area contributed by atoms with E-state index in [0.717, 1.165) is 15.6 Å². The van der Waals surface area contributed by atoms with Crippen LogP contribution in [0.5, 0.6) is 0 Å². The van der Waals surface area contributed by atoms with E-state index in [0.29, 0.717) is 12.8 Å². The number of hydrogen-bond acceptors (Lipinski definition) is 3. The number of aliphatic hydroxyl groups is 1. The van der Waals surface area contributed by atoms with Crippen LogP contribution in [0.3, 0.4) is 0 Å². The number of aryl methyl sites for hydroxylation is 1. The van der Waals surface area contributed by atoms with Crippen LogP contribution in [0.1, 0.15) is 37.0 Å². The van der Waals surface area contributed by atoms with Crippen molar-refractivity contribution in [3.63, 3.8) is 0 Å². The van der Waals surface area contributed by atoms with Gasteiger partial charge < -0.3 is 5.11 Å². The van der Waals surface area contributed by atoms with Gasteiger partial charge in [-0.1, -0.05) is 28.9 Å². The molecule has 0 heterocycles. The molecule has 1 unspecified atom stereocenters. The molecular weight excluding hydrogens is 316 g/mol. The third kappa shape index (κ3) is 4.71. The van der Waals surface area contributed by atoms with Gasteiger partial charge in [-0.25, -0.2) is 8.42 Å². The second-order valence-electron chi connectivity index (χ2n) is 4.40. The zero-order chi connectivity index (χ0) is 13.8. The van der Waals surface area contributed by atoms with E-state index >= 15 is 0 Å². The minimum absolute atomic E-state index is 0.149. The zero-order valence-corrected chi connectivity index (χ0v) is 13.1. The molecule has 0 bridgehead atoms. The molecule has 0 amide bonds. The van der Waals surface area contributed by atoms with Crippen molar-refractivity contribution in [3.05, 3.63) is 33.8 Å². The SMILES string of the molecule is CCS(=O)(=O)CCCC(O)c1ccc(Br)cc1C. The Morgan fingerprint density at radius 2 is 2.06 bits per heavy atom. The van der Waals surface area contributed by atoms with Crippen molar-refractivity contribution in [2.24, 2.45) is 0 Å². The van der Waals surface area contributed by atoms with Crippen LogP contribution in [0, 0.1) is 6.92 Å². The van der Waals surface area contributed by atoms with E-state index in [1.54, 1.807) is 6.92 Å². The summed E-state index contributed by atoms with van der Waals surface area (Å²) >= 11 is 3.37. The first-order valence-electron chi connectivity index (χ1n) is 6.00. The first kappa shape index (κ1) is 15.7. The molecule has 18 heavy (non-hydrogen) atoms. The predicted molar refractivity (Wildman–Crippen MR) is 77.4 cm³/mol. The van der Waals surface area contributed by atoms with Crippen LogP contribution < -0.4 is 0 Å². The maximum Gasteiger partial charge on any atom is 0.150 e. The number of sulfone groups is 1. The van der Waals surface area contributed by atoms with Crippen molar-refractivity contribution in [2.75, 3.05) is 11.5 Å². The van der Waals surface area contributed by atoms with Crippen LogP contribution in [-0.4, -0.2) is 25.0 Å². The number of aliphatic hydroxyl groups excluding tert-OH is 1. The van der Waals surface area contributed by atoms with Gasteiger partial charge in [-0.15, -0.1) is 0 Å². The molecule has 0 aliphatic rings. The van der Waals surface area contributed by atoms with Crippen molar-refractivity contribution >= 4 is 25.8 Å². The summed E-state index contributed by atoms with van der Waals surface area (Å²) < 4.78 is 23.7. The molecule has 5 heteroatoms. The van der Waals surface area contributed by atoms with E-state index in [9.17, 15) is 13.5 Å². The average molecular weight is 335 g/mol. The maximum atomic E-state index is 11.3. The van der Waals surface area contributed by atoms with Gasteiger partial charge in [0.1, 0.15) is 9.84 Å². The van der Waals surface area contributed by atoms with Gasteiger partial charge in [0, 0.05) is 10.2 Å². The van der Waals surface area contributed by atoms with Gasteiger partial charge in [-0.3, -0.25) is 0 Å². The standard InChI is InChI=1S/C13H19BrO3S/c1-3-18(16,17)8-4-5-13(15)12-7-6-11(14)9-10(12)2/h6-7,9,13,15H,3-5,8H2,1-2H3. The smallest absolute Gasteiger partial charge is 0.150 e. The topological polar surface area (TPSA) is 54.4 Å². The summed E-state index contributed by atoms with van der Waals surface area (Å²) in [6, 6.07) is 5.70. The minimum atomic E-state index is -2.93. The monoisotopic (exact) mass is 334 g/mol. The molecule has 1 aromatic carbocycles. The van der Waals surface area contributed by atoms with Gasteiger partial charge in [-0.2, -0.15) is 0 Å². The summed E-state index contributed by atoms with van der Waals surface area (Å²) in [4.78, 5) is 0. The van der Waals surface area contributed by atoms with Crippen molar-refractivity contribution in [2.45, 2.75) is 32.8 Å². The molecule has 1 aromatic rings. The molecule has 1 rings (SSSR count). The molecule has 0 aromatic heterocycles. The summed E-state index contributed by atoms with van der Waals surface area (Å²) in [5.74, 6) is 0.316. The third-order valence-electron chi connectivity index (χ3n) is 2.96. The number of hydrogen-bond donors (Lipinski definition) is 1. The molecule has 1 N–H and O–H groups in total. The lowest BCUT2D eigenvalue weighted by Gasteiger charge is -2.13. The van der Waals surface area contributed by atoms with Crippen LogP contribution in [0.2, 0.25) is 0 Å². The Morgan fingerprint density at radius 3 is 2.61 bits per heavy atom.